The predicted molar refractivity (Wildman–Crippen MR) is 61.8 cm³/mol. The van der Waals surface area contributed by atoms with Crippen molar-refractivity contribution in [2.24, 2.45) is 7.05 Å². The van der Waals surface area contributed by atoms with Crippen molar-refractivity contribution in [2.75, 3.05) is 7.05 Å². The van der Waals surface area contributed by atoms with Crippen molar-refractivity contribution in [1.82, 2.24) is 14.9 Å². The second-order valence-corrected chi connectivity index (χ2v) is 4.53. The molecule has 1 aromatic rings. The van der Waals surface area contributed by atoms with Crippen molar-refractivity contribution in [3.63, 3.8) is 0 Å². The van der Waals surface area contributed by atoms with E-state index in [4.69, 9.17) is 0 Å². The first kappa shape index (κ1) is 10.7. The van der Waals surface area contributed by atoms with Crippen LogP contribution in [0.1, 0.15) is 49.5 Å². The Hall–Kier alpha value is -0.830. The molecule has 0 spiro atoms. The van der Waals surface area contributed by atoms with Crippen LogP contribution in [0.25, 0.3) is 0 Å². The molecule has 0 amide bonds. The summed E-state index contributed by atoms with van der Waals surface area (Å²) in [6, 6.07) is 0. The molecule has 1 aliphatic carbocycles. The van der Waals surface area contributed by atoms with Gasteiger partial charge in [-0.1, -0.05) is 19.3 Å². The minimum atomic E-state index is 0.703. The third-order valence-corrected chi connectivity index (χ3v) is 3.45. The Kier molecular flexibility index (Phi) is 3.41. The van der Waals surface area contributed by atoms with E-state index < -0.39 is 0 Å². The monoisotopic (exact) mass is 207 g/mol. The maximum absolute atomic E-state index is 4.58. The van der Waals surface area contributed by atoms with Crippen LogP contribution in [0.4, 0.5) is 0 Å². The van der Waals surface area contributed by atoms with Crippen molar-refractivity contribution in [1.29, 1.82) is 0 Å². The lowest BCUT2D eigenvalue weighted by molar-refractivity contribution is 0.420. The molecule has 1 aromatic heterocycles. The molecular formula is C12H21N3. The number of nitrogens with one attached hydrogen (secondary N) is 1. The van der Waals surface area contributed by atoms with E-state index in [1.54, 1.807) is 0 Å². The minimum Gasteiger partial charge on any atom is -0.334 e. The summed E-state index contributed by atoms with van der Waals surface area (Å²) in [6.45, 7) is 0.913. The van der Waals surface area contributed by atoms with Gasteiger partial charge in [-0.05, 0) is 19.9 Å². The Labute approximate surface area is 91.9 Å². The van der Waals surface area contributed by atoms with Gasteiger partial charge in [0, 0.05) is 25.7 Å². The second kappa shape index (κ2) is 4.79. The standard InChI is InChI=1S/C12H21N3/c1-13-8-11-9-14-12(15(11)2)10-6-4-3-5-7-10/h9-10,13H,3-8H2,1-2H3. The molecule has 0 radical (unpaired) electrons. The molecule has 0 saturated heterocycles. The highest BCUT2D eigenvalue weighted by atomic mass is 15.1. The molecule has 0 bridgehead atoms. The van der Waals surface area contributed by atoms with E-state index in [0.29, 0.717) is 5.92 Å². The number of imidazole rings is 1. The van der Waals surface area contributed by atoms with E-state index in [1.807, 2.05) is 13.2 Å². The zero-order valence-corrected chi connectivity index (χ0v) is 9.79. The van der Waals surface area contributed by atoms with Crippen LogP contribution in [-0.4, -0.2) is 16.6 Å². The molecule has 1 heterocycles. The van der Waals surface area contributed by atoms with E-state index in [2.05, 4.69) is 21.9 Å². The van der Waals surface area contributed by atoms with Crippen LogP contribution < -0.4 is 5.32 Å². The number of rotatable bonds is 3. The average Bonchev–Trinajstić information content (AvgIpc) is 2.63. The van der Waals surface area contributed by atoms with Crippen LogP contribution in [0.5, 0.6) is 0 Å². The molecule has 3 heteroatoms. The fourth-order valence-electron chi connectivity index (χ4n) is 2.55. The van der Waals surface area contributed by atoms with E-state index in [1.165, 1.54) is 43.6 Å². The predicted octanol–water partition coefficient (Wildman–Crippen LogP) is 2.19. The fourth-order valence-corrected chi connectivity index (χ4v) is 2.55. The molecule has 84 valence electrons. The molecular weight excluding hydrogens is 186 g/mol. The van der Waals surface area contributed by atoms with Crippen LogP contribution in [0.15, 0.2) is 6.20 Å². The average molecular weight is 207 g/mol. The van der Waals surface area contributed by atoms with Gasteiger partial charge in [0.2, 0.25) is 0 Å². The Morgan fingerprint density at radius 3 is 2.80 bits per heavy atom. The summed E-state index contributed by atoms with van der Waals surface area (Å²) in [5, 5.41) is 3.18. The fraction of sp³-hybridized carbons (Fsp3) is 0.750. The molecule has 1 N–H and O–H groups in total. The maximum atomic E-state index is 4.58. The molecule has 15 heavy (non-hydrogen) atoms. The van der Waals surface area contributed by atoms with Crippen molar-refractivity contribution in [2.45, 2.75) is 44.6 Å². The zero-order chi connectivity index (χ0) is 10.7. The van der Waals surface area contributed by atoms with E-state index in [0.717, 1.165) is 6.54 Å². The van der Waals surface area contributed by atoms with E-state index in [9.17, 15) is 0 Å². The Morgan fingerprint density at radius 2 is 2.13 bits per heavy atom. The van der Waals surface area contributed by atoms with Crippen molar-refractivity contribution < 1.29 is 0 Å². The van der Waals surface area contributed by atoms with Gasteiger partial charge in [0.05, 0.1) is 5.69 Å². The molecule has 0 unspecified atom stereocenters. The highest BCUT2D eigenvalue weighted by molar-refractivity contribution is 5.09. The topological polar surface area (TPSA) is 29.9 Å². The normalized spacial score (nSPS) is 18.3. The van der Waals surface area contributed by atoms with Crippen LogP contribution in [0, 0.1) is 0 Å². The molecule has 1 saturated carbocycles. The highest BCUT2D eigenvalue weighted by Gasteiger charge is 2.20. The van der Waals surface area contributed by atoms with Gasteiger partial charge in [-0.3, -0.25) is 0 Å². The van der Waals surface area contributed by atoms with Gasteiger partial charge in [0.15, 0.2) is 0 Å². The third-order valence-electron chi connectivity index (χ3n) is 3.45. The second-order valence-electron chi connectivity index (χ2n) is 4.53. The summed E-state index contributed by atoms with van der Waals surface area (Å²) in [7, 11) is 4.12. The SMILES string of the molecule is CNCc1cnc(C2CCCCC2)n1C. The lowest BCUT2D eigenvalue weighted by atomic mass is 9.89. The molecule has 1 fully saturated rings. The smallest absolute Gasteiger partial charge is 0.111 e. The Bertz CT molecular complexity index is 311. The van der Waals surface area contributed by atoms with Gasteiger partial charge in [-0.15, -0.1) is 0 Å². The summed E-state index contributed by atoms with van der Waals surface area (Å²) in [5.41, 5.74) is 1.29. The zero-order valence-electron chi connectivity index (χ0n) is 9.79. The quantitative estimate of drug-likeness (QED) is 0.823. The van der Waals surface area contributed by atoms with Gasteiger partial charge < -0.3 is 9.88 Å². The van der Waals surface area contributed by atoms with Gasteiger partial charge in [0.1, 0.15) is 5.82 Å². The van der Waals surface area contributed by atoms with E-state index in [-0.39, 0.29) is 0 Å². The molecule has 0 aliphatic heterocycles. The summed E-state index contributed by atoms with van der Waals surface area (Å²) < 4.78 is 2.27. The van der Waals surface area contributed by atoms with Crippen LogP contribution in [0.3, 0.4) is 0 Å². The van der Waals surface area contributed by atoms with Gasteiger partial charge >= 0.3 is 0 Å². The van der Waals surface area contributed by atoms with Crippen LogP contribution in [-0.2, 0) is 13.6 Å². The van der Waals surface area contributed by atoms with Crippen molar-refractivity contribution in [3.05, 3.63) is 17.7 Å². The number of hydrogen-bond donors (Lipinski definition) is 1. The molecule has 1 aliphatic rings. The highest BCUT2D eigenvalue weighted by Crippen LogP contribution is 2.31. The lowest BCUT2D eigenvalue weighted by Gasteiger charge is -2.21. The lowest BCUT2D eigenvalue weighted by Crippen LogP contribution is -2.14. The molecule has 0 aromatic carbocycles. The van der Waals surface area contributed by atoms with Crippen LogP contribution in [0.2, 0.25) is 0 Å². The Morgan fingerprint density at radius 1 is 1.40 bits per heavy atom. The largest absolute Gasteiger partial charge is 0.334 e. The summed E-state index contributed by atoms with van der Waals surface area (Å²) in [4.78, 5) is 4.58. The van der Waals surface area contributed by atoms with Crippen LogP contribution >= 0.6 is 0 Å². The Balaban J connectivity index is 2.13. The first-order valence-corrected chi connectivity index (χ1v) is 5.98. The molecule has 2 rings (SSSR count). The summed E-state index contributed by atoms with van der Waals surface area (Å²) in [5.74, 6) is 1.99. The van der Waals surface area contributed by atoms with E-state index >= 15 is 0 Å². The number of aromatic nitrogens is 2. The van der Waals surface area contributed by atoms with Crippen molar-refractivity contribution >= 4 is 0 Å². The van der Waals surface area contributed by atoms with Gasteiger partial charge in [-0.25, -0.2) is 4.98 Å². The molecule has 3 nitrogen and oxygen atoms in total. The number of nitrogens with zero attached hydrogens (tertiary/aromatic N) is 2. The maximum Gasteiger partial charge on any atom is 0.111 e. The molecule has 0 atom stereocenters. The minimum absolute atomic E-state index is 0.703. The first-order chi connectivity index (χ1) is 7.33. The first-order valence-electron chi connectivity index (χ1n) is 5.98. The summed E-state index contributed by atoms with van der Waals surface area (Å²) >= 11 is 0. The number of hydrogen-bond acceptors (Lipinski definition) is 2. The van der Waals surface area contributed by atoms with Gasteiger partial charge in [0.25, 0.3) is 0 Å². The van der Waals surface area contributed by atoms with Gasteiger partial charge in [-0.2, -0.15) is 0 Å². The van der Waals surface area contributed by atoms with Crippen molar-refractivity contribution in [3.8, 4) is 0 Å². The summed E-state index contributed by atoms with van der Waals surface area (Å²) in [6.07, 6.45) is 8.82. The third kappa shape index (κ3) is 2.23.